The monoisotopic (exact) mass is 330 g/mol. The van der Waals surface area contributed by atoms with E-state index in [-0.39, 0.29) is 11.9 Å². The molecule has 1 N–H and O–H groups in total. The summed E-state index contributed by atoms with van der Waals surface area (Å²) in [6.07, 6.45) is 3.40. The Balaban J connectivity index is 1.72. The van der Waals surface area contributed by atoms with Gasteiger partial charge in [0, 0.05) is 31.0 Å². The second-order valence-electron chi connectivity index (χ2n) is 5.80. The minimum absolute atomic E-state index is 0.0830. The normalized spacial score (nSPS) is 17.5. The van der Waals surface area contributed by atoms with Gasteiger partial charge in [-0.2, -0.15) is 0 Å². The van der Waals surface area contributed by atoms with Crippen molar-refractivity contribution < 1.29 is 4.79 Å². The zero-order valence-corrected chi connectivity index (χ0v) is 14.4. The van der Waals surface area contributed by atoms with Gasteiger partial charge in [-0.05, 0) is 37.6 Å². The number of carbonyl (C=O) groups is 1. The molecule has 0 saturated carbocycles. The summed E-state index contributed by atoms with van der Waals surface area (Å²) < 4.78 is 0. The molecule has 0 bridgehead atoms. The quantitative estimate of drug-likeness (QED) is 0.915. The maximum absolute atomic E-state index is 12.6. The summed E-state index contributed by atoms with van der Waals surface area (Å²) in [6.45, 7) is 2.72. The Hall–Kier alpha value is -1.95. The lowest BCUT2D eigenvalue weighted by Crippen LogP contribution is -2.31. The van der Waals surface area contributed by atoms with E-state index in [0.29, 0.717) is 6.42 Å². The van der Waals surface area contributed by atoms with Crippen LogP contribution >= 0.6 is 11.3 Å². The van der Waals surface area contributed by atoms with Crippen LogP contribution in [0.25, 0.3) is 0 Å². The van der Waals surface area contributed by atoms with Gasteiger partial charge in [-0.1, -0.05) is 6.07 Å². The van der Waals surface area contributed by atoms with Crippen LogP contribution in [0.15, 0.2) is 23.6 Å². The molecule has 1 atom stereocenters. The Kier molecular flexibility index (Phi) is 4.91. The van der Waals surface area contributed by atoms with Crippen molar-refractivity contribution in [3.8, 4) is 0 Å². The summed E-state index contributed by atoms with van der Waals surface area (Å²) >= 11 is 1.71. The highest BCUT2D eigenvalue weighted by atomic mass is 32.1. The highest BCUT2D eigenvalue weighted by molar-refractivity contribution is 7.09. The van der Waals surface area contributed by atoms with E-state index in [2.05, 4.69) is 26.7 Å². The molecule has 3 heterocycles. The highest BCUT2D eigenvalue weighted by Crippen LogP contribution is 2.32. The number of anilines is 1. The fraction of sp³-hybridized carbons (Fsp3) is 0.471. The molecule has 0 unspecified atom stereocenters. The molecule has 2 aromatic heterocycles. The summed E-state index contributed by atoms with van der Waals surface area (Å²) in [7, 11) is 1.85. The zero-order valence-electron chi connectivity index (χ0n) is 13.6. The molecule has 0 spiro atoms. The Morgan fingerprint density at radius 2 is 2.35 bits per heavy atom. The maximum atomic E-state index is 12.6. The van der Waals surface area contributed by atoms with Gasteiger partial charge in [-0.25, -0.2) is 9.97 Å². The van der Waals surface area contributed by atoms with Crippen LogP contribution in [0.2, 0.25) is 0 Å². The minimum Gasteiger partial charge on any atom is -0.373 e. The van der Waals surface area contributed by atoms with Gasteiger partial charge >= 0.3 is 0 Å². The molecule has 1 aliphatic heterocycles. The van der Waals surface area contributed by atoms with Crippen molar-refractivity contribution in [2.24, 2.45) is 0 Å². The average molecular weight is 330 g/mol. The molecule has 3 rings (SSSR count). The number of likely N-dealkylation sites (tertiary alicyclic amines) is 1. The first-order chi connectivity index (χ1) is 11.2. The molecule has 2 aromatic rings. The molecule has 0 aliphatic carbocycles. The fourth-order valence-electron chi connectivity index (χ4n) is 3.09. The third kappa shape index (κ3) is 3.69. The van der Waals surface area contributed by atoms with Crippen LogP contribution in [-0.2, 0) is 11.2 Å². The molecule has 5 nitrogen and oxygen atoms in total. The number of hydrogen-bond acceptors (Lipinski definition) is 5. The van der Waals surface area contributed by atoms with Crippen LogP contribution in [0.5, 0.6) is 0 Å². The van der Waals surface area contributed by atoms with E-state index in [1.54, 1.807) is 11.3 Å². The van der Waals surface area contributed by atoms with E-state index >= 15 is 0 Å². The summed E-state index contributed by atoms with van der Waals surface area (Å²) in [5.41, 5.74) is 0.948. The number of thiophene rings is 1. The van der Waals surface area contributed by atoms with Crippen molar-refractivity contribution in [2.45, 2.75) is 38.6 Å². The summed E-state index contributed by atoms with van der Waals surface area (Å²) in [5, 5.41) is 5.12. The van der Waals surface area contributed by atoms with E-state index in [9.17, 15) is 4.79 Å². The topological polar surface area (TPSA) is 58.1 Å². The van der Waals surface area contributed by atoms with Gasteiger partial charge in [0.2, 0.25) is 5.91 Å². The Morgan fingerprint density at radius 1 is 1.48 bits per heavy atom. The van der Waals surface area contributed by atoms with Crippen LogP contribution in [0, 0.1) is 6.92 Å². The van der Waals surface area contributed by atoms with Crippen LogP contribution < -0.4 is 5.32 Å². The lowest BCUT2D eigenvalue weighted by molar-refractivity contribution is -0.132. The van der Waals surface area contributed by atoms with Gasteiger partial charge in [-0.15, -0.1) is 11.3 Å². The molecule has 0 aromatic carbocycles. The van der Waals surface area contributed by atoms with Gasteiger partial charge in [0.05, 0.1) is 11.7 Å². The lowest BCUT2D eigenvalue weighted by Gasteiger charge is -2.25. The van der Waals surface area contributed by atoms with Crippen molar-refractivity contribution in [3.05, 3.63) is 40.0 Å². The summed E-state index contributed by atoms with van der Waals surface area (Å²) in [4.78, 5) is 24.8. The molecular weight excluding hydrogens is 308 g/mol. The Bertz CT molecular complexity index is 671. The zero-order chi connectivity index (χ0) is 16.2. The number of carbonyl (C=O) groups excluding carboxylic acids is 1. The Morgan fingerprint density at radius 3 is 3.09 bits per heavy atom. The Labute approximate surface area is 140 Å². The first-order valence-corrected chi connectivity index (χ1v) is 8.90. The highest BCUT2D eigenvalue weighted by Gasteiger charge is 2.31. The first-order valence-electron chi connectivity index (χ1n) is 8.02. The van der Waals surface area contributed by atoms with Gasteiger partial charge in [0.25, 0.3) is 0 Å². The van der Waals surface area contributed by atoms with Crippen LogP contribution in [0.3, 0.4) is 0 Å². The van der Waals surface area contributed by atoms with Crippen LogP contribution in [-0.4, -0.2) is 34.4 Å². The number of nitrogens with one attached hydrogen (secondary N) is 1. The van der Waals surface area contributed by atoms with Crippen molar-refractivity contribution in [1.29, 1.82) is 0 Å². The first kappa shape index (κ1) is 15.9. The SMILES string of the molecule is CNc1cc([C@H]2CCCN2C(=O)CCc2cccs2)nc(C)n1. The van der Waals surface area contributed by atoms with E-state index in [4.69, 9.17) is 0 Å². The third-order valence-corrected chi connectivity index (χ3v) is 5.13. The molecular formula is C17H22N4OS. The van der Waals surface area contributed by atoms with E-state index in [1.165, 1.54) is 4.88 Å². The predicted octanol–water partition coefficient (Wildman–Crippen LogP) is 3.18. The fourth-order valence-corrected chi connectivity index (χ4v) is 3.80. The van der Waals surface area contributed by atoms with Crippen molar-refractivity contribution in [1.82, 2.24) is 14.9 Å². The van der Waals surface area contributed by atoms with Gasteiger partial charge in [-0.3, -0.25) is 4.79 Å². The smallest absolute Gasteiger partial charge is 0.223 e. The van der Waals surface area contributed by atoms with E-state index in [1.807, 2.05) is 31.0 Å². The molecule has 0 radical (unpaired) electrons. The predicted molar refractivity (Wildman–Crippen MR) is 92.6 cm³/mol. The van der Waals surface area contributed by atoms with Crippen molar-refractivity contribution in [2.75, 3.05) is 18.9 Å². The third-order valence-electron chi connectivity index (χ3n) is 4.19. The second kappa shape index (κ2) is 7.08. The molecule has 1 fully saturated rings. The molecule has 122 valence electrons. The number of amides is 1. The van der Waals surface area contributed by atoms with Crippen LogP contribution in [0.1, 0.15) is 41.7 Å². The molecule has 1 saturated heterocycles. The largest absolute Gasteiger partial charge is 0.373 e. The maximum Gasteiger partial charge on any atom is 0.223 e. The lowest BCUT2D eigenvalue weighted by atomic mass is 10.1. The molecule has 1 amide bonds. The number of hydrogen-bond donors (Lipinski definition) is 1. The van der Waals surface area contributed by atoms with Gasteiger partial charge in [0.1, 0.15) is 11.6 Å². The van der Waals surface area contributed by atoms with Crippen LogP contribution in [0.4, 0.5) is 5.82 Å². The van der Waals surface area contributed by atoms with Gasteiger partial charge < -0.3 is 10.2 Å². The molecule has 1 aliphatic rings. The number of rotatable bonds is 5. The number of aromatic nitrogens is 2. The van der Waals surface area contributed by atoms with E-state index < -0.39 is 0 Å². The second-order valence-corrected chi connectivity index (χ2v) is 6.83. The average Bonchev–Trinajstić information content (AvgIpc) is 3.23. The minimum atomic E-state index is 0.0830. The number of aryl methyl sites for hydroxylation is 2. The molecule has 23 heavy (non-hydrogen) atoms. The summed E-state index contributed by atoms with van der Waals surface area (Å²) in [5.74, 6) is 1.78. The summed E-state index contributed by atoms with van der Waals surface area (Å²) in [6, 6.07) is 6.17. The number of nitrogens with zero attached hydrogens (tertiary/aromatic N) is 3. The standard InChI is InChI=1S/C17H22N4OS/c1-12-19-14(11-16(18-2)20-12)15-6-3-9-21(15)17(22)8-7-13-5-4-10-23-13/h4-5,10-11,15H,3,6-9H2,1-2H3,(H,18,19,20)/t15-/m1/s1. The van der Waals surface area contributed by atoms with Crippen molar-refractivity contribution >= 4 is 23.1 Å². The van der Waals surface area contributed by atoms with Crippen molar-refractivity contribution in [3.63, 3.8) is 0 Å². The molecule has 6 heteroatoms. The van der Waals surface area contributed by atoms with Gasteiger partial charge in [0.15, 0.2) is 0 Å². The van der Waals surface area contributed by atoms with E-state index in [0.717, 1.165) is 43.1 Å².